The summed E-state index contributed by atoms with van der Waals surface area (Å²) in [6.45, 7) is 2.01. The number of rotatable bonds is 3. The third kappa shape index (κ3) is 2.31. The highest BCUT2D eigenvalue weighted by Crippen LogP contribution is 2.31. The van der Waals surface area contributed by atoms with Gasteiger partial charge in [0.05, 0.1) is 11.4 Å². The van der Waals surface area contributed by atoms with E-state index in [4.69, 9.17) is 11.6 Å². The van der Waals surface area contributed by atoms with E-state index in [9.17, 15) is 9.18 Å². The van der Waals surface area contributed by atoms with Crippen LogP contribution in [0.5, 0.6) is 0 Å². The van der Waals surface area contributed by atoms with Gasteiger partial charge in [0.25, 0.3) is 5.91 Å². The number of nitrogens with zero attached hydrogens (tertiary/aromatic N) is 2. The largest absolute Gasteiger partial charge is 0.272 e. The molecule has 2 rings (SSSR count). The molecule has 1 aromatic rings. The Hall–Kier alpha value is -1.42. The highest BCUT2D eigenvalue weighted by atomic mass is 35.5. The average molecular weight is 255 g/mol. The van der Waals surface area contributed by atoms with Gasteiger partial charge in [0.15, 0.2) is 5.82 Å². The number of hydrogen-bond acceptors (Lipinski definition) is 2. The molecule has 5 heteroatoms. The van der Waals surface area contributed by atoms with Gasteiger partial charge in [0, 0.05) is 5.71 Å². The minimum atomic E-state index is -0.535. The first-order valence-electron chi connectivity index (χ1n) is 5.46. The van der Waals surface area contributed by atoms with E-state index >= 15 is 0 Å². The predicted molar refractivity (Wildman–Crippen MR) is 65.9 cm³/mol. The van der Waals surface area contributed by atoms with E-state index in [-0.39, 0.29) is 23.0 Å². The fourth-order valence-corrected chi connectivity index (χ4v) is 2.02. The molecule has 0 aliphatic carbocycles. The highest BCUT2D eigenvalue weighted by molar-refractivity contribution is 6.34. The molecule has 0 spiro atoms. The number of amides is 1. The van der Waals surface area contributed by atoms with Crippen LogP contribution in [0.1, 0.15) is 26.2 Å². The lowest BCUT2D eigenvalue weighted by Crippen LogP contribution is -2.21. The summed E-state index contributed by atoms with van der Waals surface area (Å²) in [5.41, 5.74) is 0.821. The zero-order valence-corrected chi connectivity index (χ0v) is 10.2. The third-order valence-electron chi connectivity index (χ3n) is 2.52. The molecule has 3 nitrogen and oxygen atoms in total. The van der Waals surface area contributed by atoms with Gasteiger partial charge in [-0.15, -0.1) is 0 Å². The molecule has 0 saturated carbocycles. The van der Waals surface area contributed by atoms with Gasteiger partial charge >= 0.3 is 0 Å². The first-order valence-corrected chi connectivity index (χ1v) is 5.84. The number of hydrazone groups is 1. The summed E-state index contributed by atoms with van der Waals surface area (Å²) in [7, 11) is 0. The number of halogens is 2. The number of anilines is 1. The second kappa shape index (κ2) is 4.84. The minimum Gasteiger partial charge on any atom is -0.272 e. The molecular formula is C12H12ClFN2O. The number of carbonyl (C=O) groups excluding carboxylic acids is 1. The molecule has 1 heterocycles. The van der Waals surface area contributed by atoms with Crippen LogP contribution in [-0.4, -0.2) is 11.6 Å². The second-order valence-corrected chi connectivity index (χ2v) is 4.28. The van der Waals surface area contributed by atoms with Crippen molar-refractivity contribution >= 4 is 28.9 Å². The Kier molecular flexibility index (Phi) is 3.43. The first-order chi connectivity index (χ1) is 8.13. The maximum atomic E-state index is 13.6. The van der Waals surface area contributed by atoms with Gasteiger partial charge in [-0.3, -0.25) is 4.79 Å². The van der Waals surface area contributed by atoms with Gasteiger partial charge < -0.3 is 0 Å². The summed E-state index contributed by atoms with van der Waals surface area (Å²) >= 11 is 5.90. The molecule has 0 unspecified atom stereocenters. The van der Waals surface area contributed by atoms with Gasteiger partial charge in [-0.1, -0.05) is 31.0 Å². The van der Waals surface area contributed by atoms with Crippen LogP contribution in [0, 0.1) is 5.82 Å². The number of benzene rings is 1. The first kappa shape index (κ1) is 12.0. The molecule has 1 aliphatic rings. The van der Waals surface area contributed by atoms with Gasteiger partial charge in [-0.25, -0.2) is 4.39 Å². The number of hydrogen-bond donors (Lipinski definition) is 0. The molecule has 0 aromatic heterocycles. The lowest BCUT2D eigenvalue weighted by Gasteiger charge is -2.13. The van der Waals surface area contributed by atoms with E-state index in [1.165, 1.54) is 12.1 Å². The Morgan fingerprint density at radius 1 is 1.53 bits per heavy atom. The third-order valence-corrected chi connectivity index (χ3v) is 2.83. The van der Waals surface area contributed by atoms with Crippen LogP contribution >= 0.6 is 11.6 Å². The van der Waals surface area contributed by atoms with Crippen LogP contribution in [0.25, 0.3) is 0 Å². The van der Waals surface area contributed by atoms with Gasteiger partial charge in [-0.05, 0) is 18.6 Å². The fourth-order valence-electron chi connectivity index (χ4n) is 1.78. The average Bonchev–Trinajstić information content (AvgIpc) is 2.60. The van der Waals surface area contributed by atoms with Crippen molar-refractivity contribution in [2.24, 2.45) is 5.10 Å². The lowest BCUT2D eigenvalue weighted by molar-refractivity contribution is -0.116. The highest BCUT2D eigenvalue weighted by Gasteiger charge is 2.28. The normalized spacial score (nSPS) is 15.4. The van der Waals surface area contributed by atoms with Crippen LogP contribution < -0.4 is 5.01 Å². The van der Waals surface area contributed by atoms with Crippen molar-refractivity contribution in [2.45, 2.75) is 26.2 Å². The molecule has 1 aromatic carbocycles. The van der Waals surface area contributed by atoms with Crippen molar-refractivity contribution in [2.75, 3.05) is 5.01 Å². The van der Waals surface area contributed by atoms with Crippen molar-refractivity contribution in [3.8, 4) is 0 Å². The monoisotopic (exact) mass is 254 g/mol. The molecule has 1 aliphatic heterocycles. The van der Waals surface area contributed by atoms with E-state index in [1.54, 1.807) is 6.07 Å². The molecule has 1 amide bonds. The van der Waals surface area contributed by atoms with Crippen molar-refractivity contribution in [3.05, 3.63) is 29.0 Å². The zero-order chi connectivity index (χ0) is 12.4. The van der Waals surface area contributed by atoms with Crippen LogP contribution in [0.2, 0.25) is 5.02 Å². The van der Waals surface area contributed by atoms with Crippen LogP contribution in [0.4, 0.5) is 10.1 Å². The standard InChI is InChI=1S/C12H12ClFN2O/c1-2-4-8-7-11(17)16(15-8)12-9(13)5-3-6-10(12)14/h3,5-6H,2,4,7H2,1H3. The minimum absolute atomic E-state index is 0.0465. The van der Waals surface area contributed by atoms with Gasteiger partial charge in [0.1, 0.15) is 5.69 Å². The van der Waals surface area contributed by atoms with E-state index in [0.717, 1.165) is 23.6 Å². The van der Waals surface area contributed by atoms with Crippen molar-refractivity contribution < 1.29 is 9.18 Å². The molecular weight excluding hydrogens is 243 g/mol. The van der Waals surface area contributed by atoms with Crippen LogP contribution in [0.15, 0.2) is 23.3 Å². The summed E-state index contributed by atoms with van der Waals surface area (Å²) in [6.07, 6.45) is 1.90. The van der Waals surface area contributed by atoms with Crippen molar-refractivity contribution in [3.63, 3.8) is 0 Å². The molecule has 0 atom stereocenters. The Morgan fingerprint density at radius 2 is 2.29 bits per heavy atom. The van der Waals surface area contributed by atoms with Crippen LogP contribution in [-0.2, 0) is 4.79 Å². The molecule has 90 valence electrons. The Balaban J connectivity index is 2.37. The lowest BCUT2D eigenvalue weighted by atomic mass is 10.2. The number of para-hydroxylation sites is 1. The summed E-state index contributed by atoms with van der Waals surface area (Å²) < 4.78 is 13.6. The smallest absolute Gasteiger partial charge is 0.253 e. The molecule has 17 heavy (non-hydrogen) atoms. The summed E-state index contributed by atoms with van der Waals surface area (Å²) in [6, 6.07) is 4.31. The van der Waals surface area contributed by atoms with E-state index < -0.39 is 5.82 Å². The Bertz CT molecular complexity index is 467. The fraction of sp³-hybridized carbons (Fsp3) is 0.333. The quantitative estimate of drug-likeness (QED) is 0.814. The summed E-state index contributed by atoms with van der Waals surface area (Å²) in [4.78, 5) is 11.8. The van der Waals surface area contributed by atoms with Crippen LogP contribution in [0.3, 0.4) is 0 Å². The van der Waals surface area contributed by atoms with E-state index in [0.29, 0.717) is 0 Å². The maximum Gasteiger partial charge on any atom is 0.253 e. The van der Waals surface area contributed by atoms with Gasteiger partial charge in [-0.2, -0.15) is 10.1 Å². The summed E-state index contributed by atoms with van der Waals surface area (Å²) in [5, 5.41) is 5.39. The van der Waals surface area contributed by atoms with Gasteiger partial charge in [0.2, 0.25) is 0 Å². The topological polar surface area (TPSA) is 32.7 Å². The Labute approximate surface area is 104 Å². The Morgan fingerprint density at radius 3 is 2.94 bits per heavy atom. The molecule has 0 saturated heterocycles. The van der Waals surface area contributed by atoms with Crippen molar-refractivity contribution in [1.82, 2.24) is 0 Å². The molecule has 0 fully saturated rings. The van der Waals surface area contributed by atoms with E-state index in [1.807, 2.05) is 6.92 Å². The molecule has 0 N–H and O–H groups in total. The molecule has 0 bridgehead atoms. The maximum absolute atomic E-state index is 13.6. The summed E-state index contributed by atoms with van der Waals surface area (Å²) in [5.74, 6) is -0.771. The predicted octanol–water partition coefficient (Wildman–Crippen LogP) is 3.37. The second-order valence-electron chi connectivity index (χ2n) is 3.87. The zero-order valence-electron chi connectivity index (χ0n) is 9.41. The van der Waals surface area contributed by atoms with Crippen molar-refractivity contribution in [1.29, 1.82) is 0 Å². The molecule has 0 radical (unpaired) electrons. The van der Waals surface area contributed by atoms with E-state index in [2.05, 4.69) is 5.10 Å². The SMILES string of the molecule is CCCC1=NN(c2c(F)cccc2Cl)C(=O)C1. The number of carbonyl (C=O) groups is 1.